The maximum absolute atomic E-state index is 12.8. The van der Waals surface area contributed by atoms with E-state index in [0.717, 1.165) is 21.5 Å². The van der Waals surface area contributed by atoms with Gasteiger partial charge in [-0.05, 0) is 11.6 Å². The summed E-state index contributed by atoms with van der Waals surface area (Å²) in [5, 5.41) is 0.249. The van der Waals surface area contributed by atoms with Crippen LogP contribution >= 0.6 is 46.1 Å². The zero-order chi connectivity index (χ0) is 19.8. The Hall–Kier alpha value is -1.80. The Balaban J connectivity index is 2.03. The van der Waals surface area contributed by atoms with Crippen molar-refractivity contribution in [2.75, 3.05) is 6.61 Å². The summed E-state index contributed by atoms with van der Waals surface area (Å²) >= 11 is 17.7. The van der Waals surface area contributed by atoms with Crippen molar-refractivity contribution in [3.63, 3.8) is 0 Å². The molecule has 3 rings (SSSR count). The number of alkyl halides is 3. The van der Waals surface area contributed by atoms with Gasteiger partial charge in [0, 0.05) is 7.05 Å². The highest BCUT2D eigenvalue weighted by molar-refractivity contribution is 7.20. The van der Waals surface area contributed by atoms with Gasteiger partial charge in [-0.25, -0.2) is 9.59 Å². The number of carbonyl (C=O) groups is 1. The number of carbonyl (C=O) groups excluding carboxylic acids is 1. The Morgan fingerprint density at radius 1 is 1.19 bits per heavy atom. The number of halogens is 3. The molecule has 2 aromatic heterocycles. The van der Waals surface area contributed by atoms with E-state index in [-0.39, 0.29) is 16.8 Å². The number of thiophene rings is 1. The number of benzene rings is 1. The van der Waals surface area contributed by atoms with Gasteiger partial charge in [-0.3, -0.25) is 13.9 Å². The molecule has 0 atom stereocenters. The molecule has 0 aliphatic rings. The van der Waals surface area contributed by atoms with Crippen molar-refractivity contribution in [1.29, 1.82) is 0 Å². The molecule has 0 bridgehead atoms. The van der Waals surface area contributed by atoms with E-state index in [4.69, 9.17) is 39.5 Å². The second-order valence-electron chi connectivity index (χ2n) is 5.74. The highest BCUT2D eigenvalue weighted by Gasteiger charge is 2.24. The van der Waals surface area contributed by atoms with Gasteiger partial charge in [-0.1, -0.05) is 65.1 Å². The van der Waals surface area contributed by atoms with Gasteiger partial charge in [0.1, 0.15) is 16.3 Å². The highest BCUT2D eigenvalue weighted by Crippen LogP contribution is 2.28. The first kappa shape index (κ1) is 19.9. The first-order chi connectivity index (χ1) is 12.7. The molecular weight excluding hydrogens is 435 g/mol. The van der Waals surface area contributed by atoms with Gasteiger partial charge in [0.25, 0.3) is 5.56 Å². The van der Waals surface area contributed by atoms with Crippen molar-refractivity contribution in [3.8, 4) is 0 Å². The second-order valence-corrected chi connectivity index (χ2v) is 9.29. The van der Waals surface area contributed by atoms with Crippen LogP contribution in [0.1, 0.15) is 15.2 Å². The minimum Gasteiger partial charge on any atom is -0.457 e. The van der Waals surface area contributed by atoms with Gasteiger partial charge in [0.05, 0.1) is 11.9 Å². The minimum absolute atomic E-state index is 0.130. The maximum atomic E-state index is 12.8. The lowest BCUT2D eigenvalue weighted by atomic mass is 10.2. The number of hydrogen-bond donors (Lipinski definition) is 0. The van der Waals surface area contributed by atoms with Crippen LogP contribution in [0.5, 0.6) is 0 Å². The molecule has 0 saturated heterocycles. The number of nitrogens with zero attached hydrogens (tertiary/aromatic N) is 2. The minimum atomic E-state index is -1.73. The van der Waals surface area contributed by atoms with E-state index in [2.05, 4.69) is 0 Å². The average Bonchev–Trinajstić information content (AvgIpc) is 3.07. The van der Waals surface area contributed by atoms with Crippen LogP contribution in [0.25, 0.3) is 10.2 Å². The number of ether oxygens (including phenoxy) is 1. The molecule has 3 aromatic rings. The third kappa shape index (κ3) is 4.38. The SMILES string of the molecule is Cn1c(=O)n(Cc2ccccc2)c(=O)c2cc(C(=O)OCC(Cl)(Cl)Cl)sc21. The van der Waals surface area contributed by atoms with E-state index < -0.39 is 27.6 Å². The predicted octanol–water partition coefficient (Wildman–Crippen LogP) is 3.34. The third-order valence-electron chi connectivity index (χ3n) is 3.76. The smallest absolute Gasteiger partial charge is 0.348 e. The molecule has 0 N–H and O–H groups in total. The number of fused-ring (bicyclic) bond motifs is 1. The zero-order valence-corrected chi connectivity index (χ0v) is 17.0. The van der Waals surface area contributed by atoms with Crippen LogP contribution in [-0.4, -0.2) is 25.5 Å². The van der Waals surface area contributed by atoms with E-state index in [1.807, 2.05) is 30.3 Å². The van der Waals surface area contributed by atoms with Gasteiger partial charge in [0.2, 0.25) is 3.79 Å². The second kappa shape index (κ2) is 7.67. The van der Waals surface area contributed by atoms with Crippen LogP contribution < -0.4 is 11.2 Å². The first-order valence-corrected chi connectivity index (χ1v) is 9.63. The van der Waals surface area contributed by atoms with Crippen molar-refractivity contribution in [1.82, 2.24) is 9.13 Å². The Kier molecular flexibility index (Phi) is 5.67. The van der Waals surface area contributed by atoms with Gasteiger partial charge >= 0.3 is 11.7 Å². The lowest BCUT2D eigenvalue weighted by Crippen LogP contribution is -2.38. The summed E-state index contributed by atoms with van der Waals surface area (Å²) in [5.74, 6) is -0.732. The van der Waals surface area contributed by atoms with Crippen molar-refractivity contribution in [2.24, 2.45) is 7.05 Å². The monoisotopic (exact) mass is 446 g/mol. The van der Waals surface area contributed by atoms with Crippen molar-refractivity contribution in [3.05, 3.63) is 67.7 Å². The Labute approximate surface area is 172 Å². The standard InChI is InChI=1S/C17H13Cl3N2O4S/c1-21-14-11(7-12(27-14)15(24)26-9-17(18,19)20)13(23)22(16(21)25)8-10-5-3-2-4-6-10/h2-7H,8-9H2,1H3. The number of esters is 1. The maximum Gasteiger partial charge on any atom is 0.348 e. The molecule has 142 valence electrons. The van der Waals surface area contributed by atoms with Crippen LogP contribution in [-0.2, 0) is 18.3 Å². The van der Waals surface area contributed by atoms with Crippen molar-refractivity contribution < 1.29 is 9.53 Å². The summed E-state index contributed by atoms with van der Waals surface area (Å²) in [6.45, 7) is -0.299. The topological polar surface area (TPSA) is 70.3 Å². The largest absolute Gasteiger partial charge is 0.457 e. The molecule has 0 unspecified atom stereocenters. The van der Waals surface area contributed by atoms with Crippen molar-refractivity contribution in [2.45, 2.75) is 10.3 Å². The Bertz CT molecular complexity index is 1110. The molecule has 1 aromatic carbocycles. The average molecular weight is 448 g/mol. The number of rotatable bonds is 4. The van der Waals surface area contributed by atoms with Crippen LogP contribution in [0.15, 0.2) is 46.0 Å². The predicted molar refractivity (Wildman–Crippen MR) is 107 cm³/mol. The molecule has 0 saturated carbocycles. The lowest BCUT2D eigenvalue weighted by molar-refractivity contribution is 0.0518. The first-order valence-electron chi connectivity index (χ1n) is 7.68. The molecule has 0 spiro atoms. The van der Waals surface area contributed by atoms with Gasteiger partial charge in [-0.15, -0.1) is 11.3 Å². The molecule has 27 heavy (non-hydrogen) atoms. The number of aromatic nitrogens is 2. The Morgan fingerprint density at radius 3 is 2.48 bits per heavy atom. The van der Waals surface area contributed by atoms with Crippen LogP contribution in [0, 0.1) is 0 Å². The Morgan fingerprint density at radius 2 is 1.85 bits per heavy atom. The van der Waals surface area contributed by atoms with Gasteiger partial charge in [-0.2, -0.15) is 0 Å². The molecule has 0 aliphatic carbocycles. The van der Waals surface area contributed by atoms with Gasteiger partial charge < -0.3 is 4.74 Å². The summed E-state index contributed by atoms with van der Waals surface area (Å²) in [4.78, 5) is 38.1. The summed E-state index contributed by atoms with van der Waals surface area (Å²) in [6, 6.07) is 10.5. The van der Waals surface area contributed by atoms with Gasteiger partial charge in [0.15, 0.2) is 0 Å². The summed E-state index contributed by atoms with van der Waals surface area (Å²) in [7, 11) is 1.54. The third-order valence-corrected chi connectivity index (χ3v) is 5.28. The van der Waals surface area contributed by atoms with E-state index in [9.17, 15) is 14.4 Å². The zero-order valence-electron chi connectivity index (χ0n) is 13.9. The van der Waals surface area contributed by atoms with E-state index in [1.165, 1.54) is 10.6 Å². The highest BCUT2D eigenvalue weighted by atomic mass is 35.6. The molecule has 0 amide bonds. The molecule has 6 nitrogen and oxygen atoms in total. The summed E-state index contributed by atoms with van der Waals surface area (Å²) < 4.78 is 5.66. The van der Waals surface area contributed by atoms with E-state index in [1.54, 1.807) is 7.05 Å². The fraction of sp³-hybridized carbons (Fsp3) is 0.235. The van der Waals surface area contributed by atoms with Crippen LogP contribution in [0.2, 0.25) is 0 Å². The van der Waals surface area contributed by atoms with Crippen molar-refractivity contribution >= 4 is 62.3 Å². The normalized spacial score (nSPS) is 11.7. The molecular formula is C17H13Cl3N2O4S. The summed E-state index contributed by atoms with van der Waals surface area (Å²) in [6.07, 6.45) is 0. The van der Waals surface area contributed by atoms with E-state index in [0.29, 0.717) is 4.83 Å². The molecule has 0 aliphatic heterocycles. The fourth-order valence-corrected chi connectivity index (χ4v) is 3.67. The summed E-state index contributed by atoms with van der Waals surface area (Å²) in [5.41, 5.74) is -0.137. The molecule has 10 heteroatoms. The number of hydrogen-bond acceptors (Lipinski definition) is 5. The quantitative estimate of drug-likeness (QED) is 0.454. The molecule has 0 fully saturated rings. The van der Waals surface area contributed by atoms with E-state index >= 15 is 0 Å². The van der Waals surface area contributed by atoms with Crippen LogP contribution in [0.4, 0.5) is 0 Å². The fourth-order valence-electron chi connectivity index (χ4n) is 2.51. The lowest BCUT2D eigenvalue weighted by Gasteiger charge is -2.10. The van der Waals surface area contributed by atoms with Crippen LogP contribution in [0.3, 0.4) is 0 Å². The molecule has 0 radical (unpaired) electrons. The molecule has 2 heterocycles. The number of aryl methyl sites for hydroxylation is 1.